The average Bonchev–Trinajstić information content (AvgIpc) is 2.75. The molecule has 0 aliphatic heterocycles. The van der Waals surface area contributed by atoms with E-state index in [1.165, 1.54) is 0 Å². The van der Waals surface area contributed by atoms with E-state index < -0.39 is 35.2 Å². The van der Waals surface area contributed by atoms with Crippen LogP contribution in [0.1, 0.15) is 34.1 Å². The third kappa shape index (κ3) is 4.38. The molecule has 0 unspecified atom stereocenters. The van der Waals surface area contributed by atoms with Crippen LogP contribution in [0.2, 0.25) is 0 Å². The molecule has 0 atom stereocenters. The molecule has 0 fully saturated rings. The Morgan fingerprint density at radius 1 is 1.00 bits per heavy atom. The molecule has 1 aromatic heterocycles. The Bertz CT molecular complexity index is 1180. The summed E-state index contributed by atoms with van der Waals surface area (Å²) in [5.74, 6) is -1.73. The number of ether oxygens (including phenoxy) is 1. The minimum absolute atomic E-state index is 0.237. The number of ketones is 1. The number of esters is 1. The Labute approximate surface area is 171 Å². The second-order valence-corrected chi connectivity index (χ2v) is 6.61. The van der Waals surface area contributed by atoms with Gasteiger partial charge in [0, 0.05) is 6.54 Å². The SMILES string of the molecule is CCCn1c(N)c(C(=O)COC(=O)c2ccc(-c3ccccc3)cc2)c(=O)[nH]c1=O. The number of benzene rings is 2. The quantitative estimate of drug-likeness (QED) is 0.457. The van der Waals surface area contributed by atoms with Crippen molar-refractivity contribution >= 4 is 17.6 Å². The zero-order valence-electron chi connectivity index (χ0n) is 16.4. The average molecular weight is 407 g/mol. The van der Waals surface area contributed by atoms with Crippen molar-refractivity contribution in [1.82, 2.24) is 9.55 Å². The van der Waals surface area contributed by atoms with Gasteiger partial charge in [-0.25, -0.2) is 9.59 Å². The second-order valence-electron chi connectivity index (χ2n) is 6.61. The highest BCUT2D eigenvalue weighted by Gasteiger charge is 2.21. The van der Waals surface area contributed by atoms with Gasteiger partial charge in [-0.3, -0.25) is 19.1 Å². The largest absolute Gasteiger partial charge is 0.454 e. The maximum absolute atomic E-state index is 12.4. The number of nitrogens with zero attached hydrogens (tertiary/aromatic N) is 1. The van der Waals surface area contributed by atoms with Crippen molar-refractivity contribution in [2.24, 2.45) is 0 Å². The summed E-state index contributed by atoms with van der Waals surface area (Å²) in [7, 11) is 0. The van der Waals surface area contributed by atoms with Gasteiger partial charge in [0.05, 0.1) is 5.56 Å². The Morgan fingerprint density at radius 3 is 2.27 bits per heavy atom. The molecule has 8 heteroatoms. The molecule has 0 amide bonds. The molecule has 30 heavy (non-hydrogen) atoms. The molecule has 0 saturated carbocycles. The summed E-state index contributed by atoms with van der Waals surface area (Å²) < 4.78 is 6.16. The normalized spacial score (nSPS) is 10.6. The van der Waals surface area contributed by atoms with E-state index in [4.69, 9.17) is 10.5 Å². The first-order chi connectivity index (χ1) is 14.4. The van der Waals surface area contributed by atoms with Gasteiger partial charge in [0.25, 0.3) is 5.56 Å². The monoisotopic (exact) mass is 407 g/mol. The number of nitrogens with one attached hydrogen (secondary N) is 1. The van der Waals surface area contributed by atoms with Crippen LogP contribution in [0, 0.1) is 0 Å². The van der Waals surface area contributed by atoms with Gasteiger partial charge in [0.1, 0.15) is 11.4 Å². The van der Waals surface area contributed by atoms with Crippen LogP contribution in [0.3, 0.4) is 0 Å². The smallest absolute Gasteiger partial charge is 0.338 e. The number of rotatable bonds is 7. The van der Waals surface area contributed by atoms with E-state index >= 15 is 0 Å². The molecule has 1 heterocycles. The standard InChI is InChI=1S/C22H21N3O5/c1-2-12-25-19(23)18(20(27)24-22(25)29)17(26)13-30-21(28)16-10-8-15(9-11-16)14-6-4-3-5-7-14/h3-11H,2,12-13,23H2,1H3,(H,24,27,29). The lowest BCUT2D eigenvalue weighted by molar-refractivity contribution is 0.0474. The molecule has 0 aliphatic rings. The highest BCUT2D eigenvalue weighted by Crippen LogP contribution is 2.19. The number of Topliss-reactive ketones (excluding diaryl/α,β-unsaturated/α-hetero) is 1. The van der Waals surface area contributed by atoms with Gasteiger partial charge in [-0.2, -0.15) is 0 Å². The molecule has 0 bridgehead atoms. The van der Waals surface area contributed by atoms with Crippen LogP contribution in [-0.2, 0) is 11.3 Å². The van der Waals surface area contributed by atoms with Crippen LogP contribution >= 0.6 is 0 Å². The van der Waals surface area contributed by atoms with Crippen LogP contribution in [-0.4, -0.2) is 27.9 Å². The third-order valence-electron chi connectivity index (χ3n) is 4.53. The number of nitrogens with two attached hydrogens (primary N) is 1. The van der Waals surface area contributed by atoms with Crippen molar-refractivity contribution in [2.45, 2.75) is 19.9 Å². The summed E-state index contributed by atoms with van der Waals surface area (Å²) in [4.78, 5) is 50.6. The molecule has 0 radical (unpaired) electrons. The lowest BCUT2D eigenvalue weighted by Gasteiger charge is -2.11. The summed E-state index contributed by atoms with van der Waals surface area (Å²) in [6, 6.07) is 16.4. The topological polar surface area (TPSA) is 124 Å². The van der Waals surface area contributed by atoms with Crippen molar-refractivity contribution in [3.63, 3.8) is 0 Å². The number of carbonyl (C=O) groups is 2. The highest BCUT2D eigenvalue weighted by atomic mass is 16.5. The van der Waals surface area contributed by atoms with E-state index in [1.54, 1.807) is 24.3 Å². The minimum Gasteiger partial charge on any atom is -0.454 e. The van der Waals surface area contributed by atoms with Crippen LogP contribution in [0.15, 0.2) is 64.2 Å². The Morgan fingerprint density at radius 2 is 1.63 bits per heavy atom. The summed E-state index contributed by atoms with van der Waals surface area (Å²) in [6.45, 7) is 1.40. The molecular weight excluding hydrogens is 386 g/mol. The van der Waals surface area contributed by atoms with Crippen LogP contribution in [0.4, 0.5) is 5.82 Å². The summed E-state index contributed by atoms with van der Waals surface area (Å²) in [5.41, 5.74) is 6.06. The first-order valence-corrected chi connectivity index (χ1v) is 9.40. The van der Waals surface area contributed by atoms with Gasteiger partial charge < -0.3 is 10.5 Å². The molecule has 0 spiro atoms. The van der Waals surface area contributed by atoms with E-state index in [2.05, 4.69) is 4.98 Å². The van der Waals surface area contributed by atoms with E-state index in [-0.39, 0.29) is 17.9 Å². The predicted molar refractivity (Wildman–Crippen MR) is 113 cm³/mol. The second kappa shape index (κ2) is 9.04. The Kier molecular flexibility index (Phi) is 6.26. The van der Waals surface area contributed by atoms with Gasteiger partial charge in [0.2, 0.25) is 5.78 Å². The fourth-order valence-electron chi connectivity index (χ4n) is 3.02. The number of anilines is 1. The zero-order chi connectivity index (χ0) is 21.7. The van der Waals surface area contributed by atoms with E-state index in [9.17, 15) is 19.2 Å². The van der Waals surface area contributed by atoms with Crippen LogP contribution < -0.4 is 17.0 Å². The molecule has 0 saturated heterocycles. The Balaban J connectivity index is 1.72. The number of H-pyrrole nitrogens is 1. The maximum atomic E-state index is 12.4. The molecule has 0 aliphatic carbocycles. The number of hydrogen-bond donors (Lipinski definition) is 2. The van der Waals surface area contributed by atoms with Crippen molar-refractivity contribution < 1.29 is 14.3 Å². The fraction of sp³-hybridized carbons (Fsp3) is 0.182. The molecular formula is C22H21N3O5. The minimum atomic E-state index is -0.905. The van der Waals surface area contributed by atoms with Gasteiger partial charge in [0.15, 0.2) is 6.61 Å². The zero-order valence-corrected chi connectivity index (χ0v) is 16.4. The summed E-state index contributed by atoms with van der Waals surface area (Å²) >= 11 is 0. The van der Waals surface area contributed by atoms with Gasteiger partial charge in [-0.05, 0) is 29.7 Å². The lowest BCUT2D eigenvalue weighted by Crippen LogP contribution is -2.37. The maximum Gasteiger partial charge on any atom is 0.338 e. The van der Waals surface area contributed by atoms with Crippen molar-refractivity contribution in [3.05, 3.63) is 86.6 Å². The summed E-state index contributed by atoms with van der Waals surface area (Å²) in [6.07, 6.45) is 0.581. The third-order valence-corrected chi connectivity index (χ3v) is 4.53. The molecule has 3 rings (SSSR count). The molecule has 154 valence electrons. The van der Waals surface area contributed by atoms with Gasteiger partial charge in [-0.1, -0.05) is 49.4 Å². The number of aromatic nitrogens is 2. The van der Waals surface area contributed by atoms with Crippen molar-refractivity contribution in [2.75, 3.05) is 12.3 Å². The number of aromatic amines is 1. The van der Waals surface area contributed by atoms with E-state index in [0.717, 1.165) is 15.7 Å². The predicted octanol–water partition coefficient (Wildman–Crippen LogP) is 2.24. The fourth-order valence-corrected chi connectivity index (χ4v) is 3.02. The van der Waals surface area contributed by atoms with Gasteiger partial charge >= 0.3 is 11.7 Å². The molecule has 3 N–H and O–H groups in total. The first-order valence-electron chi connectivity index (χ1n) is 9.40. The van der Waals surface area contributed by atoms with E-state index in [1.807, 2.05) is 37.3 Å². The summed E-state index contributed by atoms with van der Waals surface area (Å²) in [5, 5.41) is 0. The number of hydrogen-bond acceptors (Lipinski definition) is 6. The molecule has 2 aromatic carbocycles. The van der Waals surface area contributed by atoms with Crippen LogP contribution in [0.25, 0.3) is 11.1 Å². The first kappa shape index (κ1) is 20.8. The van der Waals surface area contributed by atoms with Gasteiger partial charge in [-0.15, -0.1) is 0 Å². The lowest BCUT2D eigenvalue weighted by atomic mass is 10.0. The number of carbonyl (C=O) groups excluding carboxylic acids is 2. The van der Waals surface area contributed by atoms with E-state index in [0.29, 0.717) is 6.42 Å². The number of nitrogen functional groups attached to an aromatic ring is 1. The van der Waals surface area contributed by atoms with Crippen LogP contribution in [0.5, 0.6) is 0 Å². The highest BCUT2D eigenvalue weighted by molar-refractivity contribution is 6.02. The Hall–Kier alpha value is -3.94. The molecule has 3 aromatic rings. The molecule has 8 nitrogen and oxygen atoms in total. The van der Waals surface area contributed by atoms with Crippen molar-refractivity contribution in [3.8, 4) is 11.1 Å². The van der Waals surface area contributed by atoms with Crippen molar-refractivity contribution in [1.29, 1.82) is 0 Å².